The van der Waals surface area contributed by atoms with Gasteiger partial charge >= 0.3 is 0 Å². The molecule has 29 heavy (non-hydrogen) atoms. The summed E-state index contributed by atoms with van der Waals surface area (Å²) in [7, 11) is 1.62. The number of nitrogens with zero attached hydrogens (tertiary/aromatic N) is 2. The van der Waals surface area contributed by atoms with Gasteiger partial charge in [0.15, 0.2) is 0 Å². The molecule has 0 radical (unpaired) electrons. The van der Waals surface area contributed by atoms with Crippen molar-refractivity contribution in [1.29, 1.82) is 0 Å². The third kappa shape index (κ3) is 3.92. The summed E-state index contributed by atoms with van der Waals surface area (Å²) in [4.78, 5) is 31.7. The van der Waals surface area contributed by atoms with Crippen molar-refractivity contribution < 1.29 is 14.3 Å². The van der Waals surface area contributed by atoms with Gasteiger partial charge in [-0.25, -0.2) is 0 Å². The SMILES string of the molecule is COc1ccc(C(=O)N2CCC[C@H](C(=O)Nc3ccncc3)C2)c2ccccc12. The molecule has 0 spiro atoms. The van der Waals surface area contributed by atoms with Crippen molar-refractivity contribution in [2.24, 2.45) is 5.92 Å². The Balaban J connectivity index is 1.54. The summed E-state index contributed by atoms with van der Waals surface area (Å²) in [5.41, 5.74) is 1.35. The summed E-state index contributed by atoms with van der Waals surface area (Å²) in [6.45, 7) is 1.06. The largest absolute Gasteiger partial charge is 0.496 e. The molecular weight excluding hydrogens is 366 g/mol. The molecule has 0 unspecified atom stereocenters. The Bertz CT molecular complexity index is 1040. The Morgan fingerprint density at radius 1 is 1.07 bits per heavy atom. The number of rotatable bonds is 4. The lowest BCUT2D eigenvalue weighted by atomic mass is 9.95. The zero-order chi connectivity index (χ0) is 20.2. The number of amides is 2. The maximum atomic E-state index is 13.3. The Morgan fingerprint density at radius 2 is 1.83 bits per heavy atom. The standard InChI is InChI=1S/C23H23N3O3/c1-29-21-9-8-20(18-6-2-3-7-19(18)21)23(28)26-14-4-5-16(15-26)22(27)25-17-10-12-24-13-11-17/h2-3,6-13,16H,4-5,14-15H2,1H3,(H,24,25,27)/t16-/m0/s1. The van der Waals surface area contributed by atoms with Crippen molar-refractivity contribution in [3.05, 3.63) is 66.5 Å². The smallest absolute Gasteiger partial charge is 0.254 e. The van der Waals surface area contributed by atoms with Gasteiger partial charge in [-0.15, -0.1) is 0 Å². The van der Waals surface area contributed by atoms with Gasteiger partial charge in [-0.05, 0) is 42.5 Å². The highest BCUT2D eigenvalue weighted by Crippen LogP contribution is 2.30. The van der Waals surface area contributed by atoms with Crippen LogP contribution in [0.3, 0.4) is 0 Å². The van der Waals surface area contributed by atoms with Gasteiger partial charge in [0.1, 0.15) is 5.75 Å². The van der Waals surface area contributed by atoms with Gasteiger partial charge in [0.05, 0.1) is 13.0 Å². The zero-order valence-electron chi connectivity index (χ0n) is 16.3. The summed E-state index contributed by atoms with van der Waals surface area (Å²) in [5.74, 6) is 0.398. The molecule has 1 aromatic heterocycles. The number of methoxy groups -OCH3 is 1. The molecule has 2 amide bonds. The fraction of sp³-hybridized carbons (Fsp3) is 0.261. The van der Waals surface area contributed by atoms with E-state index in [-0.39, 0.29) is 17.7 Å². The Kier molecular flexibility index (Phi) is 5.42. The van der Waals surface area contributed by atoms with E-state index in [1.54, 1.807) is 36.5 Å². The molecule has 1 fully saturated rings. The highest BCUT2D eigenvalue weighted by Gasteiger charge is 2.29. The van der Waals surface area contributed by atoms with Crippen LogP contribution in [-0.4, -0.2) is 41.9 Å². The van der Waals surface area contributed by atoms with E-state index in [1.165, 1.54) is 0 Å². The van der Waals surface area contributed by atoms with E-state index in [4.69, 9.17) is 4.74 Å². The van der Waals surface area contributed by atoms with Gasteiger partial charge in [-0.1, -0.05) is 24.3 Å². The van der Waals surface area contributed by atoms with Gasteiger partial charge in [0, 0.05) is 42.1 Å². The third-order valence-corrected chi connectivity index (χ3v) is 5.36. The zero-order valence-corrected chi connectivity index (χ0v) is 16.3. The van der Waals surface area contributed by atoms with Gasteiger partial charge in [-0.3, -0.25) is 14.6 Å². The second-order valence-electron chi connectivity index (χ2n) is 7.18. The third-order valence-electron chi connectivity index (χ3n) is 5.36. The first-order chi connectivity index (χ1) is 14.2. The second kappa shape index (κ2) is 8.31. The average molecular weight is 389 g/mol. The maximum Gasteiger partial charge on any atom is 0.254 e. The quantitative estimate of drug-likeness (QED) is 0.738. The van der Waals surface area contributed by atoms with Crippen LogP contribution in [0, 0.1) is 5.92 Å². The average Bonchev–Trinajstić information content (AvgIpc) is 2.78. The van der Waals surface area contributed by atoms with Crippen LogP contribution in [0.5, 0.6) is 5.75 Å². The molecule has 0 aliphatic carbocycles. The number of piperidine rings is 1. The number of carbonyl (C=O) groups is 2. The van der Waals surface area contributed by atoms with Crippen molar-refractivity contribution >= 4 is 28.3 Å². The molecule has 6 heteroatoms. The van der Waals surface area contributed by atoms with E-state index in [0.717, 1.165) is 35.1 Å². The van der Waals surface area contributed by atoms with Crippen molar-refractivity contribution in [2.75, 3.05) is 25.5 Å². The first-order valence-electron chi connectivity index (χ1n) is 9.73. The van der Waals surface area contributed by atoms with E-state index in [1.807, 2.05) is 36.4 Å². The van der Waals surface area contributed by atoms with Gasteiger partial charge in [0.25, 0.3) is 5.91 Å². The molecule has 3 aromatic rings. The molecule has 1 atom stereocenters. The second-order valence-corrected chi connectivity index (χ2v) is 7.18. The first kappa shape index (κ1) is 18.9. The molecule has 1 N–H and O–H groups in total. The monoisotopic (exact) mass is 389 g/mol. The molecule has 0 saturated carbocycles. The fourth-order valence-electron chi connectivity index (χ4n) is 3.86. The number of nitrogens with one attached hydrogen (secondary N) is 1. The van der Waals surface area contributed by atoms with Crippen LogP contribution in [-0.2, 0) is 4.79 Å². The van der Waals surface area contributed by atoms with Crippen LogP contribution in [0.25, 0.3) is 10.8 Å². The van der Waals surface area contributed by atoms with Crippen molar-refractivity contribution in [1.82, 2.24) is 9.88 Å². The molecule has 1 aliphatic heterocycles. The topological polar surface area (TPSA) is 71.5 Å². The van der Waals surface area contributed by atoms with Crippen molar-refractivity contribution in [3.63, 3.8) is 0 Å². The molecule has 1 saturated heterocycles. The molecular formula is C23H23N3O3. The first-order valence-corrected chi connectivity index (χ1v) is 9.73. The van der Waals surface area contributed by atoms with E-state index >= 15 is 0 Å². The normalized spacial score (nSPS) is 16.4. The Hall–Kier alpha value is -3.41. The van der Waals surface area contributed by atoms with Crippen LogP contribution in [0.4, 0.5) is 5.69 Å². The lowest BCUT2D eigenvalue weighted by Gasteiger charge is -2.32. The lowest BCUT2D eigenvalue weighted by Crippen LogP contribution is -2.43. The molecule has 1 aliphatic rings. The summed E-state index contributed by atoms with van der Waals surface area (Å²) in [6.07, 6.45) is 4.85. The van der Waals surface area contributed by atoms with Crippen LogP contribution in [0.15, 0.2) is 60.9 Å². The number of fused-ring (bicyclic) bond motifs is 1. The van der Waals surface area contributed by atoms with Crippen LogP contribution in [0.2, 0.25) is 0 Å². The highest BCUT2D eigenvalue weighted by atomic mass is 16.5. The van der Waals surface area contributed by atoms with Crippen LogP contribution in [0.1, 0.15) is 23.2 Å². The van der Waals surface area contributed by atoms with E-state index in [2.05, 4.69) is 10.3 Å². The van der Waals surface area contributed by atoms with Gasteiger partial charge in [-0.2, -0.15) is 0 Å². The number of aromatic nitrogens is 1. The summed E-state index contributed by atoms with van der Waals surface area (Å²) in [5, 5.41) is 4.69. The minimum Gasteiger partial charge on any atom is -0.496 e. The van der Waals surface area contributed by atoms with Crippen LogP contribution >= 0.6 is 0 Å². The minimum atomic E-state index is -0.231. The minimum absolute atomic E-state index is 0.0507. The number of likely N-dealkylation sites (tertiary alicyclic amines) is 1. The van der Waals surface area contributed by atoms with Crippen molar-refractivity contribution in [3.8, 4) is 5.75 Å². The maximum absolute atomic E-state index is 13.3. The molecule has 2 aromatic carbocycles. The number of hydrogen-bond donors (Lipinski definition) is 1. The Morgan fingerprint density at radius 3 is 2.59 bits per heavy atom. The van der Waals surface area contributed by atoms with Gasteiger partial charge < -0.3 is 15.0 Å². The predicted molar refractivity (Wildman–Crippen MR) is 112 cm³/mol. The molecule has 4 rings (SSSR count). The fourth-order valence-corrected chi connectivity index (χ4v) is 3.86. The molecule has 6 nitrogen and oxygen atoms in total. The van der Waals surface area contributed by atoms with E-state index in [9.17, 15) is 9.59 Å². The van der Waals surface area contributed by atoms with E-state index in [0.29, 0.717) is 18.7 Å². The van der Waals surface area contributed by atoms with Crippen LogP contribution < -0.4 is 10.1 Å². The summed E-state index contributed by atoms with van der Waals surface area (Å²) < 4.78 is 5.43. The number of anilines is 1. The number of benzene rings is 2. The lowest BCUT2D eigenvalue weighted by molar-refractivity contribution is -0.121. The number of pyridine rings is 1. The summed E-state index contributed by atoms with van der Waals surface area (Å²) in [6, 6.07) is 14.9. The predicted octanol–water partition coefficient (Wildman–Crippen LogP) is 3.73. The number of hydrogen-bond acceptors (Lipinski definition) is 4. The molecule has 0 bridgehead atoms. The number of ether oxygens (including phenoxy) is 1. The molecule has 2 heterocycles. The molecule has 148 valence electrons. The Labute approximate surface area is 169 Å². The van der Waals surface area contributed by atoms with E-state index < -0.39 is 0 Å². The summed E-state index contributed by atoms with van der Waals surface area (Å²) >= 11 is 0. The van der Waals surface area contributed by atoms with Gasteiger partial charge in [0.2, 0.25) is 5.91 Å². The number of carbonyl (C=O) groups excluding carboxylic acids is 2. The highest BCUT2D eigenvalue weighted by molar-refractivity contribution is 6.08. The van der Waals surface area contributed by atoms with Crippen molar-refractivity contribution in [2.45, 2.75) is 12.8 Å².